The zero-order valence-electron chi connectivity index (χ0n) is 8.47. The Labute approximate surface area is 75.5 Å². The van der Waals surface area contributed by atoms with Crippen LogP contribution in [0.2, 0.25) is 0 Å². The largest absolute Gasteiger partial charge is 0.377 e. The van der Waals surface area contributed by atoms with Gasteiger partial charge in [0.2, 0.25) is 0 Å². The molecule has 1 rings (SSSR count). The molecule has 2 heteroatoms. The van der Waals surface area contributed by atoms with Gasteiger partial charge in [-0.25, -0.2) is 0 Å². The number of methoxy groups -OCH3 is 1. The van der Waals surface area contributed by atoms with Gasteiger partial charge >= 0.3 is 0 Å². The fraction of sp³-hybridized carbons (Fsp3) is 1.00. The van der Waals surface area contributed by atoms with Crippen LogP contribution in [-0.2, 0) is 4.74 Å². The summed E-state index contributed by atoms with van der Waals surface area (Å²) in [5, 5.41) is 0. The van der Waals surface area contributed by atoms with E-state index in [0.717, 1.165) is 24.7 Å². The number of nitrogens with two attached hydrogens (primary N) is 1. The molecule has 1 aliphatic rings. The van der Waals surface area contributed by atoms with Gasteiger partial charge in [0.05, 0.1) is 5.60 Å². The van der Waals surface area contributed by atoms with E-state index < -0.39 is 0 Å². The Morgan fingerprint density at radius 3 is 2.17 bits per heavy atom. The Balaban J connectivity index is 2.62. The summed E-state index contributed by atoms with van der Waals surface area (Å²) < 4.78 is 5.54. The van der Waals surface area contributed by atoms with Crippen LogP contribution in [0.1, 0.15) is 33.1 Å². The minimum absolute atomic E-state index is 0.0168. The van der Waals surface area contributed by atoms with E-state index in [1.807, 2.05) is 0 Å². The molecule has 0 aromatic rings. The molecule has 2 nitrogen and oxygen atoms in total. The smallest absolute Gasteiger partial charge is 0.0805 e. The molecule has 1 saturated carbocycles. The van der Waals surface area contributed by atoms with Crippen molar-refractivity contribution >= 4 is 0 Å². The van der Waals surface area contributed by atoms with Crippen molar-refractivity contribution < 1.29 is 4.74 Å². The van der Waals surface area contributed by atoms with Crippen molar-refractivity contribution in [3.05, 3.63) is 0 Å². The van der Waals surface area contributed by atoms with E-state index in [2.05, 4.69) is 13.8 Å². The second kappa shape index (κ2) is 3.75. The maximum Gasteiger partial charge on any atom is 0.0805 e. The summed E-state index contributed by atoms with van der Waals surface area (Å²) in [6.45, 7) is 5.25. The molecular weight excluding hydrogens is 150 g/mol. The lowest BCUT2D eigenvalue weighted by Crippen LogP contribution is -2.45. The highest BCUT2D eigenvalue weighted by Crippen LogP contribution is 2.37. The minimum atomic E-state index is -0.0168. The molecule has 2 atom stereocenters. The van der Waals surface area contributed by atoms with E-state index in [0.29, 0.717) is 6.54 Å². The van der Waals surface area contributed by atoms with E-state index in [4.69, 9.17) is 10.5 Å². The topological polar surface area (TPSA) is 35.2 Å². The number of hydrogen-bond acceptors (Lipinski definition) is 2. The van der Waals surface area contributed by atoms with Gasteiger partial charge in [-0.05, 0) is 31.1 Å². The Morgan fingerprint density at radius 1 is 1.33 bits per heavy atom. The molecule has 2 N–H and O–H groups in total. The minimum Gasteiger partial charge on any atom is -0.377 e. The van der Waals surface area contributed by atoms with Gasteiger partial charge in [0, 0.05) is 13.7 Å². The molecule has 0 aromatic carbocycles. The summed E-state index contributed by atoms with van der Waals surface area (Å²) in [6.07, 6.45) is 3.58. The molecule has 0 aromatic heterocycles. The molecule has 0 amide bonds. The van der Waals surface area contributed by atoms with Crippen molar-refractivity contribution in [2.24, 2.45) is 17.6 Å². The lowest BCUT2D eigenvalue weighted by Gasteiger charge is -2.41. The van der Waals surface area contributed by atoms with Crippen LogP contribution in [0.15, 0.2) is 0 Å². The molecule has 72 valence electrons. The molecule has 0 bridgehead atoms. The van der Waals surface area contributed by atoms with Crippen molar-refractivity contribution in [2.75, 3.05) is 13.7 Å². The number of rotatable bonds is 2. The predicted octanol–water partition coefficient (Wildman–Crippen LogP) is 1.79. The Bertz CT molecular complexity index is 131. The van der Waals surface area contributed by atoms with Crippen LogP contribution in [0.25, 0.3) is 0 Å². The fourth-order valence-corrected chi connectivity index (χ4v) is 2.62. The Kier molecular flexibility index (Phi) is 3.13. The number of hydrogen-bond donors (Lipinski definition) is 1. The van der Waals surface area contributed by atoms with Crippen LogP contribution in [0.3, 0.4) is 0 Å². The first-order chi connectivity index (χ1) is 5.62. The van der Waals surface area contributed by atoms with Gasteiger partial charge in [0.1, 0.15) is 0 Å². The molecule has 1 fully saturated rings. The third-order valence-electron chi connectivity index (χ3n) is 3.05. The molecule has 0 spiro atoms. The highest BCUT2D eigenvalue weighted by Gasteiger charge is 2.36. The first kappa shape index (κ1) is 10.0. The van der Waals surface area contributed by atoms with Crippen molar-refractivity contribution in [2.45, 2.75) is 38.7 Å². The predicted molar refractivity (Wildman–Crippen MR) is 51.0 cm³/mol. The van der Waals surface area contributed by atoms with Gasteiger partial charge < -0.3 is 10.5 Å². The standard InChI is InChI=1S/C10H21NO/c1-8-4-9(2)6-10(5-8,7-11)12-3/h8-9H,4-7,11H2,1-3H3. The average Bonchev–Trinajstić information content (AvgIpc) is 2.02. The third-order valence-corrected chi connectivity index (χ3v) is 3.05. The summed E-state index contributed by atoms with van der Waals surface area (Å²) in [6, 6.07) is 0. The SMILES string of the molecule is COC1(CN)CC(C)CC(C)C1. The first-order valence-corrected chi connectivity index (χ1v) is 4.87. The highest BCUT2D eigenvalue weighted by molar-refractivity contribution is 4.90. The van der Waals surface area contributed by atoms with Crippen LogP contribution in [0.5, 0.6) is 0 Å². The van der Waals surface area contributed by atoms with Crippen molar-refractivity contribution in [3.8, 4) is 0 Å². The van der Waals surface area contributed by atoms with Gasteiger partial charge in [-0.1, -0.05) is 13.8 Å². The van der Waals surface area contributed by atoms with Gasteiger partial charge in [-0.2, -0.15) is 0 Å². The molecular formula is C10H21NO. The summed E-state index contributed by atoms with van der Waals surface area (Å²) in [4.78, 5) is 0. The van der Waals surface area contributed by atoms with E-state index in [1.165, 1.54) is 6.42 Å². The lowest BCUT2D eigenvalue weighted by molar-refractivity contribution is -0.0592. The van der Waals surface area contributed by atoms with Gasteiger partial charge in [0.25, 0.3) is 0 Å². The first-order valence-electron chi connectivity index (χ1n) is 4.87. The molecule has 2 unspecified atom stereocenters. The van der Waals surface area contributed by atoms with Crippen LogP contribution < -0.4 is 5.73 Å². The summed E-state index contributed by atoms with van der Waals surface area (Å²) >= 11 is 0. The van der Waals surface area contributed by atoms with E-state index in [-0.39, 0.29) is 5.60 Å². The van der Waals surface area contributed by atoms with Gasteiger partial charge in [-0.3, -0.25) is 0 Å². The molecule has 12 heavy (non-hydrogen) atoms. The van der Waals surface area contributed by atoms with Crippen molar-refractivity contribution in [3.63, 3.8) is 0 Å². The monoisotopic (exact) mass is 171 g/mol. The summed E-state index contributed by atoms with van der Waals surface area (Å²) in [5.74, 6) is 1.52. The summed E-state index contributed by atoms with van der Waals surface area (Å²) in [5.41, 5.74) is 5.73. The molecule has 1 aliphatic carbocycles. The fourth-order valence-electron chi connectivity index (χ4n) is 2.62. The van der Waals surface area contributed by atoms with Crippen LogP contribution in [-0.4, -0.2) is 19.3 Å². The van der Waals surface area contributed by atoms with Gasteiger partial charge in [0.15, 0.2) is 0 Å². The van der Waals surface area contributed by atoms with Crippen molar-refractivity contribution in [1.29, 1.82) is 0 Å². The quantitative estimate of drug-likeness (QED) is 0.687. The lowest BCUT2D eigenvalue weighted by atomic mass is 9.73. The second-order valence-electron chi connectivity index (χ2n) is 4.45. The highest BCUT2D eigenvalue weighted by atomic mass is 16.5. The Hall–Kier alpha value is -0.0800. The maximum atomic E-state index is 5.75. The zero-order chi connectivity index (χ0) is 9.19. The van der Waals surface area contributed by atoms with Crippen LogP contribution in [0.4, 0.5) is 0 Å². The van der Waals surface area contributed by atoms with Crippen LogP contribution in [0, 0.1) is 11.8 Å². The Morgan fingerprint density at radius 2 is 1.83 bits per heavy atom. The van der Waals surface area contributed by atoms with E-state index in [1.54, 1.807) is 7.11 Å². The van der Waals surface area contributed by atoms with Crippen molar-refractivity contribution in [1.82, 2.24) is 0 Å². The molecule has 0 radical (unpaired) electrons. The number of ether oxygens (including phenoxy) is 1. The normalized spacial score (nSPS) is 43.0. The van der Waals surface area contributed by atoms with Crippen LogP contribution >= 0.6 is 0 Å². The molecule has 0 saturated heterocycles. The van der Waals surface area contributed by atoms with E-state index >= 15 is 0 Å². The second-order valence-corrected chi connectivity index (χ2v) is 4.45. The third kappa shape index (κ3) is 1.99. The van der Waals surface area contributed by atoms with Gasteiger partial charge in [-0.15, -0.1) is 0 Å². The van der Waals surface area contributed by atoms with E-state index in [9.17, 15) is 0 Å². The molecule has 0 heterocycles. The maximum absolute atomic E-state index is 5.75. The zero-order valence-corrected chi connectivity index (χ0v) is 8.47. The summed E-state index contributed by atoms with van der Waals surface area (Å²) in [7, 11) is 1.79. The molecule has 0 aliphatic heterocycles. The average molecular weight is 171 g/mol.